The summed E-state index contributed by atoms with van der Waals surface area (Å²) in [6.07, 6.45) is 3.10. The molecule has 4 heteroatoms. The van der Waals surface area contributed by atoms with Crippen molar-refractivity contribution in [2.75, 3.05) is 13.2 Å². The molecule has 104 valence electrons. The third kappa shape index (κ3) is 3.78. The van der Waals surface area contributed by atoms with Crippen molar-refractivity contribution in [1.82, 2.24) is 5.32 Å². The number of rotatable bonds is 5. The monoisotopic (exact) mass is 262 g/mol. The minimum atomic E-state index is -0.0395. The van der Waals surface area contributed by atoms with Crippen LogP contribution in [0.3, 0.4) is 0 Å². The van der Waals surface area contributed by atoms with Crippen LogP contribution in [0, 0.1) is 0 Å². The Kier molecular flexibility index (Phi) is 4.93. The van der Waals surface area contributed by atoms with Crippen LogP contribution in [0.1, 0.15) is 35.7 Å². The average molecular weight is 262 g/mol. The Hall–Kier alpha value is -1.39. The maximum absolute atomic E-state index is 12.1. The molecule has 0 radical (unpaired) electrons. The molecule has 1 aliphatic rings. The molecule has 1 heterocycles. The molecule has 2 rings (SSSR count). The molecule has 0 saturated carbocycles. The Balaban J connectivity index is 1.91. The smallest absolute Gasteiger partial charge is 0.251 e. The van der Waals surface area contributed by atoms with Gasteiger partial charge in [-0.1, -0.05) is 12.1 Å². The van der Waals surface area contributed by atoms with E-state index in [0.29, 0.717) is 12.1 Å². The SMILES string of the molecule is CC(NC(=O)c1ccc(CCN)cc1)C1CCCO1. The lowest BCUT2D eigenvalue weighted by Crippen LogP contribution is -2.40. The van der Waals surface area contributed by atoms with Crippen molar-refractivity contribution < 1.29 is 9.53 Å². The van der Waals surface area contributed by atoms with Gasteiger partial charge in [0.15, 0.2) is 0 Å². The minimum absolute atomic E-state index is 0.0395. The molecule has 0 bridgehead atoms. The molecule has 1 aromatic rings. The zero-order valence-corrected chi connectivity index (χ0v) is 11.4. The first-order chi connectivity index (χ1) is 9.20. The van der Waals surface area contributed by atoms with Crippen molar-refractivity contribution in [2.45, 2.75) is 38.3 Å². The van der Waals surface area contributed by atoms with Gasteiger partial charge in [-0.3, -0.25) is 4.79 Å². The zero-order valence-electron chi connectivity index (χ0n) is 11.4. The van der Waals surface area contributed by atoms with Crippen molar-refractivity contribution in [3.8, 4) is 0 Å². The molecule has 0 aliphatic carbocycles. The van der Waals surface area contributed by atoms with Crippen LogP contribution in [-0.4, -0.2) is 31.2 Å². The molecule has 3 N–H and O–H groups in total. The Bertz CT molecular complexity index is 411. The van der Waals surface area contributed by atoms with E-state index >= 15 is 0 Å². The highest BCUT2D eigenvalue weighted by atomic mass is 16.5. The molecule has 2 unspecified atom stereocenters. The predicted octanol–water partition coefficient (Wildman–Crippen LogP) is 1.49. The lowest BCUT2D eigenvalue weighted by atomic mass is 10.1. The van der Waals surface area contributed by atoms with Crippen LogP contribution in [0.4, 0.5) is 0 Å². The van der Waals surface area contributed by atoms with Gasteiger partial charge in [-0.15, -0.1) is 0 Å². The van der Waals surface area contributed by atoms with Gasteiger partial charge >= 0.3 is 0 Å². The first-order valence-corrected chi connectivity index (χ1v) is 6.92. The second-order valence-corrected chi connectivity index (χ2v) is 5.05. The summed E-state index contributed by atoms with van der Waals surface area (Å²) in [4.78, 5) is 12.1. The number of hydrogen-bond acceptors (Lipinski definition) is 3. The van der Waals surface area contributed by atoms with Crippen LogP contribution in [-0.2, 0) is 11.2 Å². The van der Waals surface area contributed by atoms with Gasteiger partial charge in [0, 0.05) is 12.2 Å². The molecule has 1 amide bonds. The largest absolute Gasteiger partial charge is 0.376 e. The fourth-order valence-electron chi connectivity index (χ4n) is 2.37. The van der Waals surface area contributed by atoms with E-state index in [1.807, 2.05) is 31.2 Å². The summed E-state index contributed by atoms with van der Waals surface area (Å²) in [5.41, 5.74) is 7.35. The molecule has 1 aromatic carbocycles. The molecule has 1 aliphatic heterocycles. The van der Waals surface area contributed by atoms with Crippen LogP contribution in [0.5, 0.6) is 0 Å². The Morgan fingerprint density at radius 2 is 2.21 bits per heavy atom. The van der Waals surface area contributed by atoms with Gasteiger partial charge in [-0.25, -0.2) is 0 Å². The summed E-state index contributed by atoms with van der Waals surface area (Å²) in [5.74, 6) is -0.0395. The number of carbonyl (C=O) groups excluding carboxylic acids is 1. The van der Waals surface area contributed by atoms with E-state index in [1.165, 1.54) is 0 Å². The molecule has 19 heavy (non-hydrogen) atoms. The molecule has 1 fully saturated rings. The highest BCUT2D eigenvalue weighted by Crippen LogP contribution is 2.16. The van der Waals surface area contributed by atoms with Crippen molar-refractivity contribution in [1.29, 1.82) is 0 Å². The fourth-order valence-corrected chi connectivity index (χ4v) is 2.37. The van der Waals surface area contributed by atoms with Crippen LogP contribution in [0.2, 0.25) is 0 Å². The third-order valence-corrected chi connectivity index (χ3v) is 3.53. The van der Waals surface area contributed by atoms with Gasteiger partial charge in [0.05, 0.1) is 12.1 Å². The van der Waals surface area contributed by atoms with Crippen molar-refractivity contribution >= 4 is 5.91 Å². The summed E-state index contributed by atoms with van der Waals surface area (Å²) in [6.45, 7) is 3.43. The van der Waals surface area contributed by atoms with Gasteiger partial charge in [0.1, 0.15) is 0 Å². The van der Waals surface area contributed by atoms with Gasteiger partial charge in [0.2, 0.25) is 0 Å². The van der Waals surface area contributed by atoms with Crippen LogP contribution in [0.15, 0.2) is 24.3 Å². The van der Waals surface area contributed by atoms with Gasteiger partial charge in [-0.2, -0.15) is 0 Å². The lowest BCUT2D eigenvalue weighted by Gasteiger charge is -2.20. The minimum Gasteiger partial charge on any atom is -0.376 e. The molecule has 1 saturated heterocycles. The molecule has 4 nitrogen and oxygen atoms in total. The quantitative estimate of drug-likeness (QED) is 0.845. The Morgan fingerprint density at radius 3 is 2.79 bits per heavy atom. The zero-order chi connectivity index (χ0) is 13.7. The summed E-state index contributed by atoms with van der Waals surface area (Å²) in [5, 5.41) is 3.00. The van der Waals surface area contributed by atoms with Gasteiger partial charge < -0.3 is 15.8 Å². The van der Waals surface area contributed by atoms with E-state index in [0.717, 1.165) is 31.4 Å². The van der Waals surface area contributed by atoms with Gasteiger partial charge in [-0.05, 0) is 50.4 Å². The van der Waals surface area contributed by atoms with Crippen molar-refractivity contribution in [3.63, 3.8) is 0 Å². The summed E-state index contributed by atoms with van der Waals surface area (Å²) < 4.78 is 5.57. The molecule has 0 spiro atoms. The first kappa shape index (κ1) is 14.0. The molecule has 2 atom stereocenters. The molecular weight excluding hydrogens is 240 g/mol. The lowest BCUT2D eigenvalue weighted by molar-refractivity contribution is 0.0712. The number of nitrogens with one attached hydrogen (secondary N) is 1. The summed E-state index contributed by atoms with van der Waals surface area (Å²) in [7, 11) is 0. The number of ether oxygens (including phenoxy) is 1. The van der Waals surface area contributed by atoms with Crippen molar-refractivity contribution in [3.05, 3.63) is 35.4 Å². The number of benzene rings is 1. The van der Waals surface area contributed by atoms with Crippen molar-refractivity contribution in [2.24, 2.45) is 5.73 Å². The highest BCUT2D eigenvalue weighted by molar-refractivity contribution is 5.94. The average Bonchev–Trinajstić information content (AvgIpc) is 2.94. The van der Waals surface area contributed by atoms with E-state index in [9.17, 15) is 4.79 Å². The number of nitrogens with two attached hydrogens (primary N) is 1. The summed E-state index contributed by atoms with van der Waals surface area (Å²) in [6, 6.07) is 7.67. The van der Waals surface area contributed by atoms with E-state index in [1.54, 1.807) is 0 Å². The second-order valence-electron chi connectivity index (χ2n) is 5.05. The molecular formula is C15H22N2O2. The third-order valence-electron chi connectivity index (χ3n) is 3.53. The topological polar surface area (TPSA) is 64.4 Å². The van der Waals surface area contributed by atoms with Crippen LogP contribution in [0.25, 0.3) is 0 Å². The summed E-state index contributed by atoms with van der Waals surface area (Å²) >= 11 is 0. The van der Waals surface area contributed by atoms with E-state index < -0.39 is 0 Å². The van der Waals surface area contributed by atoms with Gasteiger partial charge in [0.25, 0.3) is 5.91 Å². The Labute approximate surface area is 114 Å². The fraction of sp³-hybridized carbons (Fsp3) is 0.533. The maximum atomic E-state index is 12.1. The van der Waals surface area contributed by atoms with Crippen LogP contribution < -0.4 is 11.1 Å². The van der Waals surface area contributed by atoms with E-state index in [-0.39, 0.29) is 18.1 Å². The standard InChI is InChI=1S/C15H22N2O2/c1-11(14-3-2-10-19-14)17-15(18)13-6-4-12(5-7-13)8-9-16/h4-7,11,14H,2-3,8-10,16H2,1H3,(H,17,18). The first-order valence-electron chi connectivity index (χ1n) is 6.92. The predicted molar refractivity (Wildman–Crippen MR) is 75.1 cm³/mol. The number of amides is 1. The second kappa shape index (κ2) is 6.68. The Morgan fingerprint density at radius 1 is 1.47 bits per heavy atom. The normalized spacial score (nSPS) is 20.2. The van der Waals surface area contributed by atoms with Crippen LogP contribution >= 0.6 is 0 Å². The highest BCUT2D eigenvalue weighted by Gasteiger charge is 2.23. The maximum Gasteiger partial charge on any atom is 0.251 e. The molecule has 0 aromatic heterocycles. The number of carbonyl (C=O) groups is 1. The van der Waals surface area contributed by atoms with E-state index in [4.69, 9.17) is 10.5 Å². The van der Waals surface area contributed by atoms with E-state index in [2.05, 4.69) is 5.32 Å². The number of hydrogen-bond donors (Lipinski definition) is 2.